The number of carbonyl (C=O) groups excluding carboxylic acids is 1. The fraction of sp³-hybridized carbons (Fsp3) is 0.417. The van der Waals surface area contributed by atoms with Gasteiger partial charge in [-0.25, -0.2) is 0 Å². The van der Waals surface area contributed by atoms with Gasteiger partial charge in [0.2, 0.25) is 5.91 Å². The van der Waals surface area contributed by atoms with E-state index >= 15 is 0 Å². The Bertz CT molecular complexity index is 435. The molecule has 1 amide bonds. The van der Waals surface area contributed by atoms with Crippen LogP contribution in [0.1, 0.15) is 6.92 Å². The molecule has 0 spiro atoms. The van der Waals surface area contributed by atoms with Gasteiger partial charge in [0.1, 0.15) is 5.75 Å². The average Bonchev–Trinajstić information content (AvgIpc) is 2.35. The number of anilines is 1. The number of amides is 1. The zero-order valence-electron chi connectivity index (χ0n) is 10.3. The minimum Gasteiger partial charge on any atom is -0.482 e. The first kappa shape index (κ1) is 15.3. The van der Waals surface area contributed by atoms with Crippen molar-refractivity contribution in [2.45, 2.75) is 13.1 Å². The summed E-state index contributed by atoms with van der Waals surface area (Å²) in [7, 11) is 0. The molecule has 4 nitrogen and oxygen atoms in total. The van der Waals surface area contributed by atoms with Crippen LogP contribution in [0.25, 0.3) is 0 Å². The van der Waals surface area contributed by atoms with E-state index in [9.17, 15) is 18.0 Å². The molecule has 0 saturated heterocycles. The lowest BCUT2D eigenvalue weighted by molar-refractivity contribution is -0.153. The van der Waals surface area contributed by atoms with E-state index in [-0.39, 0.29) is 23.9 Å². The Kier molecular flexibility index (Phi) is 5.17. The van der Waals surface area contributed by atoms with Gasteiger partial charge in [0.05, 0.1) is 5.69 Å². The maximum atomic E-state index is 12.1. The van der Waals surface area contributed by atoms with E-state index in [0.29, 0.717) is 0 Å². The van der Waals surface area contributed by atoms with Crippen LogP contribution in [-0.2, 0) is 4.79 Å². The normalized spacial score (nSPS) is 12.9. The number of halogens is 3. The fourth-order valence-corrected chi connectivity index (χ4v) is 1.22. The molecule has 0 bridgehead atoms. The predicted molar refractivity (Wildman–Crippen MR) is 64.8 cm³/mol. The van der Waals surface area contributed by atoms with Crippen LogP contribution in [0.3, 0.4) is 0 Å². The van der Waals surface area contributed by atoms with Gasteiger partial charge in [-0.3, -0.25) is 4.79 Å². The van der Waals surface area contributed by atoms with Crippen LogP contribution in [0.4, 0.5) is 18.9 Å². The first-order valence-corrected chi connectivity index (χ1v) is 5.63. The summed E-state index contributed by atoms with van der Waals surface area (Å²) in [6.07, 6.45) is -4.43. The number of ether oxygens (including phenoxy) is 1. The van der Waals surface area contributed by atoms with Crippen molar-refractivity contribution in [2.75, 3.05) is 18.5 Å². The molecule has 1 unspecified atom stereocenters. The maximum absolute atomic E-state index is 12.1. The largest absolute Gasteiger partial charge is 0.482 e. The molecule has 0 aliphatic heterocycles. The van der Waals surface area contributed by atoms with Gasteiger partial charge in [-0.15, -0.1) is 0 Å². The molecule has 0 heterocycles. The Labute approximate surface area is 108 Å². The summed E-state index contributed by atoms with van der Waals surface area (Å²) in [5.41, 5.74) is 5.53. The average molecular weight is 276 g/mol. The Hall–Kier alpha value is -1.76. The number of alkyl halides is 3. The Balaban J connectivity index is 2.76. The first-order chi connectivity index (χ1) is 8.83. The quantitative estimate of drug-likeness (QED) is 0.866. The number of para-hydroxylation sites is 2. The highest BCUT2D eigenvalue weighted by atomic mass is 19.4. The molecule has 19 heavy (non-hydrogen) atoms. The van der Waals surface area contributed by atoms with Gasteiger partial charge >= 0.3 is 6.18 Å². The summed E-state index contributed by atoms with van der Waals surface area (Å²) in [6.45, 7) is 0.359. The van der Waals surface area contributed by atoms with Gasteiger partial charge in [0.25, 0.3) is 0 Å². The van der Waals surface area contributed by atoms with Crippen molar-refractivity contribution < 1.29 is 22.7 Å². The summed E-state index contributed by atoms with van der Waals surface area (Å²) < 4.78 is 40.9. The highest BCUT2D eigenvalue weighted by Crippen LogP contribution is 2.26. The standard InChI is InChI=1S/C12H15F3N2O2/c1-8(6-16)11(18)17-9-4-2-3-5-10(9)19-7-12(13,14)15/h2-5,8H,6-7,16H2,1H3,(H,17,18). The first-order valence-electron chi connectivity index (χ1n) is 5.63. The van der Waals surface area contributed by atoms with Crippen molar-refractivity contribution >= 4 is 11.6 Å². The third kappa shape index (κ3) is 5.17. The molecule has 3 N–H and O–H groups in total. The molecule has 0 fully saturated rings. The van der Waals surface area contributed by atoms with Crippen molar-refractivity contribution in [3.8, 4) is 5.75 Å². The van der Waals surface area contributed by atoms with E-state index in [1.807, 2.05) is 0 Å². The molecule has 1 aromatic carbocycles. The maximum Gasteiger partial charge on any atom is 0.422 e. The van der Waals surface area contributed by atoms with Crippen molar-refractivity contribution in [3.05, 3.63) is 24.3 Å². The van der Waals surface area contributed by atoms with Gasteiger partial charge < -0.3 is 15.8 Å². The minimum atomic E-state index is -4.43. The SMILES string of the molecule is CC(CN)C(=O)Nc1ccccc1OCC(F)(F)F. The highest BCUT2D eigenvalue weighted by molar-refractivity contribution is 5.93. The lowest BCUT2D eigenvalue weighted by Crippen LogP contribution is -2.27. The molecular weight excluding hydrogens is 261 g/mol. The van der Waals surface area contributed by atoms with Crippen LogP contribution in [-0.4, -0.2) is 25.2 Å². The van der Waals surface area contributed by atoms with Crippen molar-refractivity contribution in [1.29, 1.82) is 0 Å². The Morgan fingerprint density at radius 1 is 1.42 bits per heavy atom. The fourth-order valence-electron chi connectivity index (χ4n) is 1.22. The van der Waals surface area contributed by atoms with Crippen LogP contribution in [0.5, 0.6) is 5.75 Å². The summed E-state index contributed by atoms with van der Waals surface area (Å²) in [4.78, 5) is 11.6. The van der Waals surface area contributed by atoms with Crippen LogP contribution in [0.15, 0.2) is 24.3 Å². The highest BCUT2D eigenvalue weighted by Gasteiger charge is 2.29. The molecule has 0 aromatic heterocycles. The molecule has 0 radical (unpaired) electrons. The molecule has 7 heteroatoms. The van der Waals surface area contributed by atoms with E-state index < -0.39 is 18.7 Å². The van der Waals surface area contributed by atoms with E-state index in [1.54, 1.807) is 13.0 Å². The van der Waals surface area contributed by atoms with E-state index in [2.05, 4.69) is 10.1 Å². The Morgan fingerprint density at radius 2 is 2.05 bits per heavy atom. The molecule has 1 rings (SSSR count). The van der Waals surface area contributed by atoms with Gasteiger partial charge in [0.15, 0.2) is 6.61 Å². The van der Waals surface area contributed by atoms with Crippen molar-refractivity contribution in [3.63, 3.8) is 0 Å². The minimum absolute atomic E-state index is 0.0302. The predicted octanol–water partition coefficient (Wildman–Crippen LogP) is 2.16. The zero-order chi connectivity index (χ0) is 14.5. The molecular formula is C12H15F3N2O2. The number of hydrogen-bond donors (Lipinski definition) is 2. The van der Waals surface area contributed by atoms with Gasteiger partial charge in [-0.2, -0.15) is 13.2 Å². The number of nitrogens with two attached hydrogens (primary N) is 1. The van der Waals surface area contributed by atoms with E-state index in [1.165, 1.54) is 18.2 Å². The molecule has 106 valence electrons. The third-order valence-electron chi connectivity index (χ3n) is 2.34. The second-order valence-corrected chi connectivity index (χ2v) is 4.03. The number of hydrogen-bond acceptors (Lipinski definition) is 3. The van der Waals surface area contributed by atoms with Gasteiger partial charge in [-0.05, 0) is 12.1 Å². The lowest BCUT2D eigenvalue weighted by Gasteiger charge is -2.15. The van der Waals surface area contributed by atoms with Crippen molar-refractivity contribution in [1.82, 2.24) is 0 Å². The Morgan fingerprint density at radius 3 is 2.63 bits per heavy atom. The molecule has 0 aliphatic carbocycles. The summed E-state index contributed by atoms with van der Waals surface area (Å²) in [6, 6.07) is 5.93. The molecule has 0 aliphatic rings. The summed E-state index contributed by atoms with van der Waals surface area (Å²) >= 11 is 0. The third-order valence-corrected chi connectivity index (χ3v) is 2.34. The number of rotatable bonds is 5. The molecule has 0 saturated carbocycles. The number of benzene rings is 1. The zero-order valence-corrected chi connectivity index (χ0v) is 10.3. The number of carbonyl (C=O) groups is 1. The number of nitrogens with one attached hydrogen (secondary N) is 1. The van der Waals surface area contributed by atoms with Crippen LogP contribution in [0.2, 0.25) is 0 Å². The summed E-state index contributed by atoms with van der Waals surface area (Å²) in [5, 5.41) is 2.49. The van der Waals surface area contributed by atoms with Crippen LogP contribution < -0.4 is 15.8 Å². The van der Waals surface area contributed by atoms with Crippen LogP contribution >= 0.6 is 0 Å². The van der Waals surface area contributed by atoms with E-state index in [4.69, 9.17) is 5.73 Å². The summed E-state index contributed by atoms with van der Waals surface area (Å²) in [5.74, 6) is -0.835. The van der Waals surface area contributed by atoms with Crippen molar-refractivity contribution in [2.24, 2.45) is 11.7 Å². The second kappa shape index (κ2) is 6.42. The second-order valence-electron chi connectivity index (χ2n) is 4.03. The monoisotopic (exact) mass is 276 g/mol. The topological polar surface area (TPSA) is 64.4 Å². The van der Waals surface area contributed by atoms with Gasteiger partial charge in [-0.1, -0.05) is 19.1 Å². The van der Waals surface area contributed by atoms with Gasteiger partial charge in [0, 0.05) is 12.5 Å². The molecule has 1 aromatic rings. The molecule has 1 atom stereocenters. The van der Waals surface area contributed by atoms with Crippen LogP contribution in [0, 0.1) is 5.92 Å². The van der Waals surface area contributed by atoms with E-state index in [0.717, 1.165) is 0 Å². The lowest BCUT2D eigenvalue weighted by atomic mass is 10.1. The smallest absolute Gasteiger partial charge is 0.422 e.